The van der Waals surface area contributed by atoms with E-state index in [1.807, 2.05) is 0 Å². The third kappa shape index (κ3) is 5.98. The largest absolute Gasteiger partial charge is 0.463 e. The number of nitrogens with zero attached hydrogens (tertiary/aromatic N) is 3. The number of aryl methyl sites for hydroxylation is 1. The van der Waals surface area contributed by atoms with E-state index in [2.05, 4.69) is 21.9 Å². The van der Waals surface area contributed by atoms with Crippen LogP contribution in [0.25, 0.3) is 0 Å². The zero-order chi connectivity index (χ0) is 14.2. The van der Waals surface area contributed by atoms with Crippen molar-refractivity contribution in [3.05, 3.63) is 11.1 Å². The van der Waals surface area contributed by atoms with Gasteiger partial charge in [0, 0.05) is 13.0 Å². The molecule has 0 saturated carbocycles. The van der Waals surface area contributed by atoms with E-state index in [-0.39, 0.29) is 5.28 Å². The minimum atomic E-state index is 0.175. The zero-order valence-corrected chi connectivity index (χ0v) is 12.4. The van der Waals surface area contributed by atoms with Crippen molar-refractivity contribution in [2.24, 2.45) is 0 Å². The van der Waals surface area contributed by atoms with Gasteiger partial charge in [-0.25, -0.2) is 4.98 Å². The molecule has 1 aromatic heterocycles. The minimum Gasteiger partial charge on any atom is -0.463 e. The van der Waals surface area contributed by atoms with E-state index in [9.17, 15) is 0 Å². The van der Waals surface area contributed by atoms with Gasteiger partial charge < -0.3 is 14.2 Å². The molecule has 0 aromatic carbocycles. The summed E-state index contributed by atoms with van der Waals surface area (Å²) in [6.45, 7) is 4.85. The van der Waals surface area contributed by atoms with E-state index in [1.165, 1.54) is 0 Å². The first-order valence-electron chi connectivity index (χ1n) is 7.00. The van der Waals surface area contributed by atoms with Gasteiger partial charge in [0.25, 0.3) is 0 Å². The lowest BCUT2D eigenvalue weighted by Gasteiger charge is -2.06. The van der Waals surface area contributed by atoms with Crippen LogP contribution in [0.15, 0.2) is 0 Å². The molecular formula is C13H20ClN3O3. The second-order valence-electron chi connectivity index (χ2n) is 4.64. The Morgan fingerprint density at radius 3 is 2.85 bits per heavy atom. The Hall–Kier alpha value is -0.980. The van der Waals surface area contributed by atoms with Crippen LogP contribution < -0.4 is 4.74 Å². The van der Waals surface area contributed by atoms with Gasteiger partial charge in [-0.15, -0.1) is 0 Å². The van der Waals surface area contributed by atoms with Gasteiger partial charge in [-0.2, -0.15) is 9.97 Å². The van der Waals surface area contributed by atoms with Crippen LogP contribution in [0.2, 0.25) is 5.28 Å². The average Bonchev–Trinajstić information content (AvgIpc) is 3.22. The molecule has 2 rings (SSSR count). The molecule has 1 unspecified atom stereocenters. The Labute approximate surface area is 123 Å². The maximum atomic E-state index is 5.86. The van der Waals surface area contributed by atoms with Gasteiger partial charge in [0.1, 0.15) is 11.9 Å². The third-order valence-corrected chi connectivity index (χ3v) is 2.93. The highest BCUT2D eigenvalue weighted by Gasteiger charge is 2.21. The second kappa shape index (κ2) is 8.34. The molecule has 6 nitrogen and oxygen atoms in total. The molecule has 0 spiro atoms. The molecule has 0 aliphatic carbocycles. The van der Waals surface area contributed by atoms with Crippen molar-refractivity contribution in [1.82, 2.24) is 15.0 Å². The predicted molar refractivity (Wildman–Crippen MR) is 74.1 cm³/mol. The lowest BCUT2D eigenvalue weighted by Crippen LogP contribution is -2.07. The molecule has 2 heterocycles. The normalized spacial score (nSPS) is 17.2. The summed E-state index contributed by atoms with van der Waals surface area (Å²) in [6, 6.07) is 0.306. The van der Waals surface area contributed by atoms with Crippen molar-refractivity contribution in [1.29, 1.82) is 0 Å². The first kappa shape index (κ1) is 15.4. The second-order valence-corrected chi connectivity index (χ2v) is 4.98. The van der Waals surface area contributed by atoms with E-state index in [1.54, 1.807) is 0 Å². The molecule has 7 heteroatoms. The monoisotopic (exact) mass is 301 g/mol. The molecule has 20 heavy (non-hydrogen) atoms. The zero-order valence-electron chi connectivity index (χ0n) is 11.7. The summed E-state index contributed by atoms with van der Waals surface area (Å²) in [4.78, 5) is 12.3. The summed E-state index contributed by atoms with van der Waals surface area (Å²) >= 11 is 5.86. The predicted octanol–water partition coefficient (Wildman–Crippen LogP) is 2.05. The summed E-state index contributed by atoms with van der Waals surface area (Å²) in [7, 11) is 0. The molecule has 112 valence electrons. The van der Waals surface area contributed by atoms with Gasteiger partial charge in [0.2, 0.25) is 5.28 Å². The number of unbranched alkanes of at least 4 members (excludes halogenated alkanes) is 1. The fourth-order valence-electron chi connectivity index (χ4n) is 1.57. The minimum absolute atomic E-state index is 0.175. The fourth-order valence-corrected chi connectivity index (χ4v) is 1.74. The quantitative estimate of drug-likeness (QED) is 0.486. The van der Waals surface area contributed by atoms with E-state index in [0.717, 1.165) is 25.9 Å². The van der Waals surface area contributed by atoms with Crippen LogP contribution in [-0.4, -0.2) is 47.5 Å². The van der Waals surface area contributed by atoms with E-state index in [4.69, 9.17) is 25.8 Å². The highest BCUT2D eigenvalue weighted by molar-refractivity contribution is 6.28. The smallest absolute Gasteiger partial charge is 0.320 e. The number of hydrogen-bond acceptors (Lipinski definition) is 6. The molecular weight excluding hydrogens is 282 g/mol. The van der Waals surface area contributed by atoms with Crippen LogP contribution in [-0.2, 0) is 15.9 Å². The van der Waals surface area contributed by atoms with Crippen LogP contribution in [0.3, 0.4) is 0 Å². The standard InChI is InChI=1S/C13H20ClN3O3/c1-2-3-7-19-13-16-11(15-12(14)17-13)5-4-6-18-8-10-9-20-10/h10H,2-9H2,1H3. The van der Waals surface area contributed by atoms with Crippen LogP contribution in [0.1, 0.15) is 32.0 Å². The Morgan fingerprint density at radius 1 is 1.25 bits per heavy atom. The molecule has 0 radical (unpaired) electrons. The molecule has 0 amide bonds. The van der Waals surface area contributed by atoms with Crippen molar-refractivity contribution in [2.75, 3.05) is 26.4 Å². The molecule has 1 fully saturated rings. The molecule has 1 atom stereocenters. The highest BCUT2D eigenvalue weighted by Crippen LogP contribution is 2.11. The SMILES string of the molecule is CCCCOc1nc(Cl)nc(CCCOCC2CO2)n1. The number of aromatic nitrogens is 3. The Bertz CT molecular complexity index is 416. The Kier molecular flexibility index (Phi) is 6.42. The van der Waals surface area contributed by atoms with E-state index < -0.39 is 0 Å². The number of epoxide rings is 1. The molecule has 0 bridgehead atoms. The third-order valence-electron chi connectivity index (χ3n) is 2.76. The Balaban J connectivity index is 1.71. The van der Waals surface area contributed by atoms with Crippen LogP contribution in [0, 0.1) is 0 Å². The lowest BCUT2D eigenvalue weighted by atomic mass is 10.3. The number of halogens is 1. The maximum Gasteiger partial charge on any atom is 0.320 e. The van der Waals surface area contributed by atoms with E-state index >= 15 is 0 Å². The van der Waals surface area contributed by atoms with Gasteiger partial charge in [0.15, 0.2) is 0 Å². The molecule has 1 aliphatic heterocycles. The fraction of sp³-hybridized carbons (Fsp3) is 0.769. The molecule has 0 N–H and O–H groups in total. The first-order chi connectivity index (χ1) is 9.78. The van der Waals surface area contributed by atoms with Crippen molar-refractivity contribution >= 4 is 11.6 Å². The maximum absolute atomic E-state index is 5.86. The van der Waals surface area contributed by atoms with Crippen molar-refractivity contribution in [2.45, 2.75) is 38.7 Å². The number of hydrogen-bond donors (Lipinski definition) is 0. The van der Waals surface area contributed by atoms with Gasteiger partial charge >= 0.3 is 6.01 Å². The summed E-state index contributed by atoms with van der Waals surface area (Å²) in [5.74, 6) is 0.641. The van der Waals surface area contributed by atoms with Gasteiger partial charge in [-0.1, -0.05) is 13.3 Å². The topological polar surface area (TPSA) is 69.7 Å². The molecule has 1 aliphatic rings. The van der Waals surface area contributed by atoms with Crippen LogP contribution in [0.4, 0.5) is 0 Å². The van der Waals surface area contributed by atoms with Gasteiger partial charge in [-0.3, -0.25) is 0 Å². The average molecular weight is 302 g/mol. The van der Waals surface area contributed by atoms with Gasteiger partial charge in [0.05, 0.1) is 19.8 Å². The van der Waals surface area contributed by atoms with Crippen molar-refractivity contribution in [3.8, 4) is 6.01 Å². The summed E-state index contributed by atoms with van der Waals surface area (Å²) < 4.78 is 16.0. The van der Waals surface area contributed by atoms with Crippen molar-refractivity contribution < 1.29 is 14.2 Å². The number of ether oxygens (including phenoxy) is 3. The van der Waals surface area contributed by atoms with Crippen molar-refractivity contribution in [3.63, 3.8) is 0 Å². The summed E-state index contributed by atoms with van der Waals surface area (Å²) in [6.07, 6.45) is 3.86. The van der Waals surface area contributed by atoms with Crippen LogP contribution >= 0.6 is 11.6 Å². The highest BCUT2D eigenvalue weighted by atomic mass is 35.5. The number of rotatable bonds is 10. The summed E-state index contributed by atoms with van der Waals surface area (Å²) in [5, 5.41) is 0.175. The first-order valence-corrected chi connectivity index (χ1v) is 7.38. The van der Waals surface area contributed by atoms with Crippen LogP contribution in [0.5, 0.6) is 6.01 Å². The Morgan fingerprint density at radius 2 is 2.10 bits per heavy atom. The lowest BCUT2D eigenvalue weighted by molar-refractivity contribution is 0.114. The van der Waals surface area contributed by atoms with E-state index in [0.29, 0.717) is 44.2 Å². The van der Waals surface area contributed by atoms with Gasteiger partial charge in [-0.05, 0) is 24.4 Å². The summed E-state index contributed by atoms with van der Waals surface area (Å²) in [5.41, 5.74) is 0. The molecule has 1 saturated heterocycles. The molecule has 1 aromatic rings.